The highest BCUT2D eigenvalue weighted by Crippen LogP contribution is 2.26. The van der Waals surface area contributed by atoms with E-state index in [2.05, 4.69) is 29.2 Å². The molecule has 1 aliphatic rings. The summed E-state index contributed by atoms with van der Waals surface area (Å²) in [6, 6.07) is 20.1. The summed E-state index contributed by atoms with van der Waals surface area (Å²) in [5.74, 6) is 0.973. The number of aryl methyl sites for hydroxylation is 1. The van der Waals surface area contributed by atoms with Crippen LogP contribution in [0.3, 0.4) is 0 Å². The van der Waals surface area contributed by atoms with Crippen LogP contribution in [0.2, 0.25) is 0 Å². The van der Waals surface area contributed by atoms with E-state index in [0.717, 1.165) is 41.7 Å². The van der Waals surface area contributed by atoms with Gasteiger partial charge in [0, 0.05) is 37.5 Å². The second-order valence-electron chi connectivity index (χ2n) is 7.09. The largest absolute Gasteiger partial charge is 0.493 e. The van der Waals surface area contributed by atoms with Gasteiger partial charge in [0.2, 0.25) is 0 Å². The molecule has 0 fully saturated rings. The highest BCUT2D eigenvalue weighted by Gasteiger charge is 2.19. The molecule has 1 aliphatic heterocycles. The van der Waals surface area contributed by atoms with Crippen LogP contribution in [-0.2, 0) is 19.4 Å². The van der Waals surface area contributed by atoms with Crippen LogP contribution in [0.5, 0.6) is 5.75 Å². The van der Waals surface area contributed by atoms with E-state index in [9.17, 15) is 4.79 Å². The van der Waals surface area contributed by atoms with Gasteiger partial charge in [-0.25, -0.2) is 0 Å². The molecule has 0 saturated carbocycles. The van der Waals surface area contributed by atoms with Crippen LogP contribution >= 0.6 is 0 Å². The van der Waals surface area contributed by atoms with E-state index in [1.54, 1.807) is 12.4 Å². The number of rotatable bonds is 7. The van der Waals surface area contributed by atoms with E-state index in [1.165, 1.54) is 5.56 Å². The van der Waals surface area contributed by atoms with E-state index in [1.807, 2.05) is 41.3 Å². The first-order valence-electron chi connectivity index (χ1n) is 9.77. The second-order valence-corrected chi connectivity index (χ2v) is 7.09. The molecule has 0 N–H and O–H groups in total. The highest BCUT2D eigenvalue weighted by atomic mass is 16.5. The Morgan fingerprint density at radius 1 is 1.00 bits per heavy atom. The van der Waals surface area contributed by atoms with Crippen molar-refractivity contribution >= 4 is 5.91 Å². The number of amides is 1. The summed E-state index contributed by atoms with van der Waals surface area (Å²) in [6.07, 6.45) is 6.30. The maximum Gasteiger partial charge on any atom is 0.254 e. The summed E-state index contributed by atoms with van der Waals surface area (Å²) in [7, 11) is 0. The number of ether oxygens (including phenoxy) is 1. The second kappa shape index (κ2) is 8.70. The molecule has 0 bridgehead atoms. The normalized spacial score (nSPS) is 12.3. The third-order valence-electron chi connectivity index (χ3n) is 5.08. The molecule has 0 radical (unpaired) electrons. The molecule has 142 valence electrons. The van der Waals surface area contributed by atoms with Crippen molar-refractivity contribution in [2.45, 2.75) is 25.8 Å². The lowest BCUT2D eigenvalue weighted by Gasteiger charge is -2.23. The van der Waals surface area contributed by atoms with E-state index >= 15 is 0 Å². The number of nitrogens with zero attached hydrogens (tertiary/aromatic N) is 2. The molecule has 0 spiro atoms. The Labute approximate surface area is 165 Å². The minimum atomic E-state index is 0.0690. The first-order chi connectivity index (χ1) is 13.8. The van der Waals surface area contributed by atoms with Crippen molar-refractivity contribution in [1.82, 2.24) is 9.88 Å². The van der Waals surface area contributed by atoms with Gasteiger partial charge in [-0.3, -0.25) is 9.78 Å². The Morgan fingerprint density at radius 2 is 1.82 bits per heavy atom. The number of pyridine rings is 1. The van der Waals surface area contributed by atoms with Crippen LogP contribution in [0, 0.1) is 0 Å². The lowest BCUT2D eigenvalue weighted by molar-refractivity contribution is 0.0741. The molecule has 1 amide bonds. The van der Waals surface area contributed by atoms with Crippen molar-refractivity contribution < 1.29 is 9.53 Å². The molecule has 4 heteroatoms. The first kappa shape index (κ1) is 18.2. The third-order valence-corrected chi connectivity index (χ3v) is 5.08. The molecule has 0 aliphatic carbocycles. The average molecular weight is 372 g/mol. The predicted octanol–water partition coefficient (Wildman–Crippen LogP) is 4.29. The van der Waals surface area contributed by atoms with E-state index < -0.39 is 0 Å². The number of fused-ring (bicyclic) bond motifs is 1. The molecule has 2 heterocycles. The van der Waals surface area contributed by atoms with Crippen molar-refractivity contribution in [3.63, 3.8) is 0 Å². The predicted molar refractivity (Wildman–Crippen MR) is 109 cm³/mol. The zero-order valence-electron chi connectivity index (χ0n) is 15.9. The van der Waals surface area contributed by atoms with Gasteiger partial charge in [0.15, 0.2) is 0 Å². The summed E-state index contributed by atoms with van der Waals surface area (Å²) in [6.45, 7) is 2.00. The van der Waals surface area contributed by atoms with Crippen molar-refractivity contribution in [3.05, 3.63) is 95.3 Å². The number of hydrogen-bond donors (Lipinski definition) is 0. The summed E-state index contributed by atoms with van der Waals surface area (Å²) in [5, 5.41) is 0. The van der Waals surface area contributed by atoms with E-state index in [-0.39, 0.29) is 5.91 Å². The van der Waals surface area contributed by atoms with Crippen LogP contribution in [0.1, 0.15) is 33.5 Å². The fourth-order valence-electron chi connectivity index (χ4n) is 3.58. The van der Waals surface area contributed by atoms with Gasteiger partial charge >= 0.3 is 0 Å². The molecule has 0 unspecified atom stereocenters. The lowest BCUT2D eigenvalue weighted by Crippen LogP contribution is -2.32. The summed E-state index contributed by atoms with van der Waals surface area (Å²) in [4.78, 5) is 19.3. The van der Waals surface area contributed by atoms with Gasteiger partial charge in [0.25, 0.3) is 5.91 Å². The Hall–Kier alpha value is -3.14. The molecule has 0 atom stereocenters. The number of carbonyl (C=O) groups excluding carboxylic acids is 1. The van der Waals surface area contributed by atoms with Gasteiger partial charge in [-0.15, -0.1) is 0 Å². The van der Waals surface area contributed by atoms with Gasteiger partial charge in [-0.2, -0.15) is 0 Å². The number of hydrogen-bond acceptors (Lipinski definition) is 3. The highest BCUT2D eigenvalue weighted by molar-refractivity contribution is 5.94. The number of carbonyl (C=O) groups is 1. The van der Waals surface area contributed by atoms with Crippen LogP contribution in [0.4, 0.5) is 0 Å². The summed E-state index contributed by atoms with van der Waals surface area (Å²) in [5.41, 5.74) is 4.25. The standard InChI is InChI=1S/C24H24N2O2/c27-24(22-8-9-23-21(17-22)12-16-28-23)26(18-20-10-13-25-14-11-20)15-4-7-19-5-2-1-3-6-19/h1-3,5-6,8-11,13-14,17H,4,7,12,15-16,18H2. The monoisotopic (exact) mass is 372 g/mol. The maximum atomic E-state index is 13.3. The Kier molecular flexibility index (Phi) is 5.66. The molecular weight excluding hydrogens is 348 g/mol. The molecule has 2 aromatic carbocycles. The summed E-state index contributed by atoms with van der Waals surface area (Å²) >= 11 is 0. The average Bonchev–Trinajstić information content (AvgIpc) is 3.22. The topological polar surface area (TPSA) is 42.4 Å². The van der Waals surface area contributed by atoms with Gasteiger partial charge in [0.1, 0.15) is 5.75 Å². The third kappa shape index (κ3) is 4.39. The van der Waals surface area contributed by atoms with Gasteiger partial charge in [0.05, 0.1) is 6.61 Å². The smallest absolute Gasteiger partial charge is 0.254 e. The molecule has 0 saturated heterocycles. The summed E-state index contributed by atoms with van der Waals surface area (Å²) < 4.78 is 5.57. The first-order valence-corrected chi connectivity index (χ1v) is 9.77. The Morgan fingerprint density at radius 3 is 2.64 bits per heavy atom. The lowest BCUT2D eigenvalue weighted by atomic mass is 10.1. The van der Waals surface area contributed by atoms with Gasteiger partial charge < -0.3 is 9.64 Å². The van der Waals surface area contributed by atoms with Crippen molar-refractivity contribution in [2.24, 2.45) is 0 Å². The van der Waals surface area contributed by atoms with Crippen LogP contribution < -0.4 is 4.74 Å². The molecule has 4 nitrogen and oxygen atoms in total. The maximum absolute atomic E-state index is 13.3. The fraction of sp³-hybridized carbons (Fsp3) is 0.250. The van der Waals surface area contributed by atoms with Crippen LogP contribution in [-0.4, -0.2) is 28.9 Å². The van der Waals surface area contributed by atoms with Crippen LogP contribution in [0.25, 0.3) is 0 Å². The van der Waals surface area contributed by atoms with Gasteiger partial charge in [-0.1, -0.05) is 30.3 Å². The number of benzene rings is 2. The van der Waals surface area contributed by atoms with Crippen molar-refractivity contribution in [1.29, 1.82) is 0 Å². The van der Waals surface area contributed by atoms with Crippen molar-refractivity contribution in [2.75, 3.05) is 13.2 Å². The molecular formula is C24H24N2O2. The quantitative estimate of drug-likeness (QED) is 0.621. The fourth-order valence-corrected chi connectivity index (χ4v) is 3.58. The van der Waals surface area contributed by atoms with Crippen LogP contribution in [0.15, 0.2) is 73.1 Å². The number of aromatic nitrogens is 1. The molecule has 4 rings (SSSR count). The Balaban J connectivity index is 1.49. The minimum absolute atomic E-state index is 0.0690. The Bertz CT molecular complexity index is 926. The zero-order chi connectivity index (χ0) is 19.2. The molecule has 28 heavy (non-hydrogen) atoms. The molecule has 3 aromatic rings. The van der Waals surface area contributed by atoms with E-state index in [4.69, 9.17) is 4.74 Å². The van der Waals surface area contributed by atoms with Crippen molar-refractivity contribution in [3.8, 4) is 5.75 Å². The van der Waals surface area contributed by atoms with E-state index in [0.29, 0.717) is 19.7 Å². The SMILES string of the molecule is O=C(c1ccc2c(c1)CCO2)N(CCCc1ccccc1)Cc1ccncc1. The van der Waals surface area contributed by atoms with Gasteiger partial charge in [-0.05, 0) is 59.9 Å². The zero-order valence-corrected chi connectivity index (χ0v) is 15.9. The minimum Gasteiger partial charge on any atom is -0.493 e. The molecule has 1 aromatic heterocycles.